The van der Waals surface area contributed by atoms with E-state index in [2.05, 4.69) is 6.92 Å². The predicted octanol–water partition coefficient (Wildman–Crippen LogP) is 3.76. The molecule has 1 fully saturated rings. The second-order valence-corrected chi connectivity index (χ2v) is 6.02. The van der Waals surface area contributed by atoms with E-state index in [0.717, 1.165) is 25.7 Å². The molecule has 0 aromatic rings. The van der Waals surface area contributed by atoms with Gasteiger partial charge in [-0.25, -0.2) is 0 Å². The smallest absolute Gasteiger partial charge is 0.303 e. The maximum atomic E-state index is 12.5. The molecule has 0 bridgehead atoms. The van der Waals surface area contributed by atoms with Crippen molar-refractivity contribution in [2.24, 2.45) is 0 Å². The van der Waals surface area contributed by atoms with Gasteiger partial charge in [0.2, 0.25) is 5.91 Å². The summed E-state index contributed by atoms with van der Waals surface area (Å²) in [6.45, 7) is 4.56. The summed E-state index contributed by atoms with van der Waals surface area (Å²) in [5.41, 5.74) is -0.0535. The van der Waals surface area contributed by atoms with Crippen molar-refractivity contribution in [2.45, 2.75) is 77.2 Å². The van der Waals surface area contributed by atoms with Crippen LogP contribution in [0, 0.1) is 0 Å². The quantitative estimate of drug-likeness (QED) is 0.694. The van der Waals surface area contributed by atoms with E-state index in [1.54, 1.807) is 12.2 Å². The minimum absolute atomic E-state index is 0.0400. The van der Waals surface area contributed by atoms with Crippen LogP contribution in [0.3, 0.4) is 0 Å². The Morgan fingerprint density at radius 3 is 2.43 bits per heavy atom. The molecule has 4 nitrogen and oxygen atoms in total. The summed E-state index contributed by atoms with van der Waals surface area (Å²) >= 11 is 0. The van der Waals surface area contributed by atoms with Gasteiger partial charge in [0.05, 0.1) is 0 Å². The molecule has 0 aromatic carbocycles. The van der Waals surface area contributed by atoms with Crippen LogP contribution in [0.1, 0.15) is 71.6 Å². The summed E-state index contributed by atoms with van der Waals surface area (Å²) in [5.74, 6) is -0.750. The Balaban J connectivity index is 2.88. The molecule has 0 spiro atoms. The van der Waals surface area contributed by atoms with E-state index in [9.17, 15) is 9.59 Å². The van der Waals surface area contributed by atoms with Crippen molar-refractivity contribution in [1.82, 2.24) is 4.90 Å². The lowest BCUT2D eigenvalue weighted by atomic mass is 9.77. The largest absolute Gasteiger partial charge is 0.481 e. The zero-order valence-electron chi connectivity index (χ0n) is 13.4. The molecule has 0 unspecified atom stereocenters. The van der Waals surface area contributed by atoms with Gasteiger partial charge in [0.1, 0.15) is 0 Å². The maximum absolute atomic E-state index is 12.5. The topological polar surface area (TPSA) is 57.6 Å². The summed E-state index contributed by atoms with van der Waals surface area (Å²) in [6, 6.07) is 0. The van der Waals surface area contributed by atoms with Gasteiger partial charge in [-0.15, -0.1) is 0 Å². The standard InChI is InChI=1S/C17H29NO3/c1-3-9-15(19)18(14-8-10-16(20)21)17(11-4-2)12-6-5-7-13-17/h3,9H,4-8,10-14H2,1-2H3,(H,20,21)/b9-3+. The van der Waals surface area contributed by atoms with Gasteiger partial charge in [-0.3, -0.25) is 9.59 Å². The first kappa shape index (κ1) is 17.7. The van der Waals surface area contributed by atoms with Gasteiger partial charge in [-0.1, -0.05) is 38.7 Å². The Morgan fingerprint density at radius 2 is 1.90 bits per heavy atom. The number of carbonyl (C=O) groups is 2. The van der Waals surface area contributed by atoms with Gasteiger partial charge in [0.25, 0.3) is 0 Å². The summed E-state index contributed by atoms with van der Waals surface area (Å²) in [5, 5.41) is 8.83. The maximum Gasteiger partial charge on any atom is 0.303 e. The van der Waals surface area contributed by atoms with E-state index in [1.165, 1.54) is 19.3 Å². The Kier molecular flexibility index (Phi) is 7.48. The molecule has 21 heavy (non-hydrogen) atoms. The first-order chi connectivity index (χ1) is 10.1. The number of carboxylic acid groups (broad SMARTS) is 1. The van der Waals surface area contributed by atoms with Crippen LogP contribution in [0.25, 0.3) is 0 Å². The predicted molar refractivity (Wildman–Crippen MR) is 84.1 cm³/mol. The Bertz CT molecular complexity index is 365. The van der Waals surface area contributed by atoms with Crippen LogP contribution in [0.4, 0.5) is 0 Å². The third kappa shape index (κ3) is 5.18. The van der Waals surface area contributed by atoms with E-state index >= 15 is 0 Å². The number of aliphatic carboxylic acids is 1. The first-order valence-electron chi connectivity index (χ1n) is 8.22. The fourth-order valence-corrected chi connectivity index (χ4v) is 3.53. The molecule has 1 rings (SSSR count). The number of rotatable bonds is 8. The highest BCUT2D eigenvalue weighted by Gasteiger charge is 2.38. The van der Waals surface area contributed by atoms with Gasteiger partial charge < -0.3 is 10.0 Å². The third-order valence-corrected chi connectivity index (χ3v) is 4.42. The Hall–Kier alpha value is -1.32. The number of carbonyl (C=O) groups excluding carboxylic acids is 1. The van der Waals surface area contributed by atoms with Crippen molar-refractivity contribution in [3.05, 3.63) is 12.2 Å². The van der Waals surface area contributed by atoms with Crippen molar-refractivity contribution in [1.29, 1.82) is 0 Å². The number of allylic oxidation sites excluding steroid dienone is 1. The van der Waals surface area contributed by atoms with E-state index in [1.807, 2.05) is 11.8 Å². The molecule has 1 N–H and O–H groups in total. The molecule has 1 saturated carbocycles. The van der Waals surface area contributed by atoms with Crippen molar-refractivity contribution < 1.29 is 14.7 Å². The van der Waals surface area contributed by atoms with Crippen molar-refractivity contribution >= 4 is 11.9 Å². The van der Waals surface area contributed by atoms with Crippen LogP contribution in [0.15, 0.2) is 12.2 Å². The number of hydrogen-bond acceptors (Lipinski definition) is 2. The highest BCUT2D eigenvalue weighted by atomic mass is 16.4. The average Bonchev–Trinajstić information content (AvgIpc) is 2.44. The lowest BCUT2D eigenvalue weighted by molar-refractivity contribution is -0.139. The summed E-state index contributed by atoms with van der Waals surface area (Å²) in [4.78, 5) is 25.2. The highest BCUT2D eigenvalue weighted by Crippen LogP contribution is 2.38. The first-order valence-corrected chi connectivity index (χ1v) is 8.22. The van der Waals surface area contributed by atoms with Crippen LogP contribution in [0.5, 0.6) is 0 Å². The highest BCUT2D eigenvalue weighted by molar-refractivity contribution is 5.88. The molecule has 4 heteroatoms. The van der Waals surface area contributed by atoms with Crippen molar-refractivity contribution in [3.63, 3.8) is 0 Å². The number of carboxylic acids is 1. The molecule has 1 aliphatic carbocycles. The van der Waals surface area contributed by atoms with Crippen molar-refractivity contribution in [2.75, 3.05) is 6.54 Å². The average molecular weight is 295 g/mol. The van der Waals surface area contributed by atoms with Gasteiger partial charge >= 0.3 is 5.97 Å². The summed E-state index contributed by atoms with van der Waals surface area (Å²) in [6.07, 6.45) is 11.8. The fraction of sp³-hybridized carbons (Fsp3) is 0.765. The van der Waals surface area contributed by atoms with E-state index in [-0.39, 0.29) is 17.9 Å². The molecule has 0 saturated heterocycles. The van der Waals surface area contributed by atoms with E-state index in [0.29, 0.717) is 13.0 Å². The summed E-state index contributed by atoms with van der Waals surface area (Å²) < 4.78 is 0. The van der Waals surface area contributed by atoms with Crippen LogP contribution in [-0.2, 0) is 9.59 Å². The second kappa shape index (κ2) is 8.85. The van der Waals surface area contributed by atoms with Gasteiger partial charge in [0.15, 0.2) is 0 Å². The Morgan fingerprint density at radius 1 is 1.24 bits per heavy atom. The minimum atomic E-state index is -0.790. The van der Waals surface area contributed by atoms with Gasteiger partial charge in [-0.2, -0.15) is 0 Å². The zero-order chi connectivity index (χ0) is 15.7. The van der Waals surface area contributed by atoms with E-state index < -0.39 is 5.97 Å². The molecule has 0 atom stereocenters. The van der Waals surface area contributed by atoms with Crippen molar-refractivity contribution in [3.8, 4) is 0 Å². The Labute approximate surface area is 128 Å². The molecule has 0 aromatic heterocycles. The monoisotopic (exact) mass is 295 g/mol. The van der Waals surface area contributed by atoms with Gasteiger partial charge in [-0.05, 0) is 38.7 Å². The second-order valence-electron chi connectivity index (χ2n) is 6.02. The van der Waals surface area contributed by atoms with Crippen LogP contribution in [-0.4, -0.2) is 34.0 Å². The molecule has 1 amide bonds. The molecule has 0 radical (unpaired) electrons. The lowest BCUT2D eigenvalue weighted by Gasteiger charge is -2.46. The molecule has 1 aliphatic rings. The van der Waals surface area contributed by atoms with E-state index in [4.69, 9.17) is 5.11 Å². The molecule has 0 aliphatic heterocycles. The van der Waals surface area contributed by atoms with Crippen LogP contribution >= 0.6 is 0 Å². The molecule has 120 valence electrons. The lowest BCUT2D eigenvalue weighted by Crippen LogP contribution is -2.53. The van der Waals surface area contributed by atoms with Crippen LogP contribution < -0.4 is 0 Å². The van der Waals surface area contributed by atoms with Crippen LogP contribution in [0.2, 0.25) is 0 Å². The minimum Gasteiger partial charge on any atom is -0.481 e. The number of amides is 1. The number of nitrogens with zero attached hydrogens (tertiary/aromatic N) is 1. The molecular formula is C17H29NO3. The molecular weight excluding hydrogens is 266 g/mol. The normalized spacial score (nSPS) is 17.8. The number of hydrogen-bond donors (Lipinski definition) is 1. The fourth-order valence-electron chi connectivity index (χ4n) is 3.53. The zero-order valence-corrected chi connectivity index (χ0v) is 13.4. The van der Waals surface area contributed by atoms with Gasteiger partial charge in [0, 0.05) is 18.5 Å². The summed E-state index contributed by atoms with van der Waals surface area (Å²) in [7, 11) is 0. The molecule has 0 heterocycles. The third-order valence-electron chi connectivity index (χ3n) is 4.42. The SMILES string of the molecule is C/C=C/C(=O)N(CCCC(=O)O)C1(CCC)CCCCC1.